The molecule has 8 heteroatoms. The molecule has 172 valence electrons. The van der Waals surface area contributed by atoms with Gasteiger partial charge in [-0.2, -0.15) is 0 Å². The number of amides is 3. The Morgan fingerprint density at radius 3 is 2.36 bits per heavy atom. The fourth-order valence-electron chi connectivity index (χ4n) is 3.89. The van der Waals surface area contributed by atoms with E-state index in [4.69, 9.17) is 4.98 Å². The summed E-state index contributed by atoms with van der Waals surface area (Å²) in [5, 5.41) is 0.677. The van der Waals surface area contributed by atoms with Crippen LogP contribution in [-0.2, 0) is 16.0 Å². The number of aryl methyl sites for hydroxylation is 1. The van der Waals surface area contributed by atoms with Crippen LogP contribution in [-0.4, -0.2) is 54.8 Å². The molecule has 0 unspecified atom stereocenters. The van der Waals surface area contributed by atoms with Crippen molar-refractivity contribution in [3.05, 3.63) is 53.6 Å². The monoisotopic (exact) mass is 464 g/mol. The molecule has 0 radical (unpaired) electrons. The molecule has 0 N–H and O–H groups in total. The Morgan fingerprint density at radius 2 is 1.73 bits per heavy atom. The van der Waals surface area contributed by atoms with Crippen LogP contribution in [0.5, 0.6) is 0 Å². The molecular weight excluding hydrogens is 436 g/mol. The first-order valence-corrected chi connectivity index (χ1v) is 12.0. The topological polar surface area (TPSA) is 73.8 Å². The zero-order chi connectivity index (χ0) is 23.5. The molecule has 0 saturated carbocycles. The normalized spacial score (nSPS) is 14.0. The standard InChI is InChI=1S/C25H28N4O3S/c1-4-17-6-11-20-21(16-17)33-25(26-20)28(15-5-14-27(2)3)24(32)18-7-9-19(10-8-18)29-22(30)12-13-23(29)31/h6-11,16H,4-5,12-15H2,1-3H3. The zero-order valence-corrected chi connectivity index (χ0v) is 20.0. The van der Waals surface area contributed by atoms with Crippen LogP contribution in [0.4, 0.5) is 10.8 Å². The summed E-state index contributed by atoms with van der Waals surface area (Å²) in [7, 11) is 4.02. The number of nitrogens with zero attached hydrogens (tertiary/aromatic N) is 4. The van der Waals surface area contributed by atoms with Crippen LogP contribution < -0.4 is 9.80 Å². The molecule has 0 aliphatic carbocycles. The summed E-state index contributed by atoms with van der Waals surface area (Å²) in [5.41, 5.74) is 3.13. The molecule has 0 spiro atoms. The van der Waals surface area contributed by atoms with Gasteiger partial charge in [-0.25, -0.2) is 4.98 Å². The Hall–Kier alpha value is -3.10. The maximum atomic E-state index is 13.5. The summed E-state index contributed by atoms with van der Waals surface area (Å²) >= 11 is 1.52. The summed E-state index contributed by atoms with van der Waals surface area (Å²) < 4.78 is 1.07. The molecule has 7 nitrogen and oxygen atoms in total. The quantitative estimate of drug-likeness (QED) is 0.469. The minimum Gasteiger partial charge on any atom is -0.309 e. The van der Waals surface area contributed by atoms with E-state index in [2.05, 4.69) is 24.0 Å². The lowest BCUT2D eigenvalue weighted by Gasteiger charge is -2.21. The van der Waals surface area contributed by atoms with Gasteiger partial charge in [0, 0.05) is 24.9 Å². The summed E-state index contributed by atoms with van der Waals surface area (Å²) in [6.45, 7) is 3.52. The molecule has 3 amide bonds. The second kappa shape index (κ2) is 9.80. The van der Waals surface area contributed by atoms with Gasteiger partial charge in [0.2, 0.25) is 11.8 Å². The number of aromatic nitrogens is 1. The van der Waals surface area contributed by atoms with E-state index < -0.39 is 0 Å². The second-order valence-corrected chi connectivity index (χ2v) is 9.44. The molecule has 4 rings (SSSR count). The number of imide groups is 1. The van der Waals surface area contributed by atoms with Gasteiger partial charge in [0.15, 0.2) is 5.13 Å². The van der Waals surface area contributed by atoms with Crippen LogP contribution >= 0.6 is 11.3 Å². The maximum absolute atomic E-state index is 13.5. The van der Waals surface area contributed by atoms with Gasteiger partial charge in [0.25, 0.3) is 5.91 Å². The lowest BCUT2D eigenvalue weighted by molar-refractivity contribution is -0.121. The van der Waals surface area contributed by atoms with Crippen molar-refractivity contribution in [3.63, 3.8) is 0 Å². The number of hydrogen-bond donors (Lipinski definition) is 0. The van der Waals surface area contributed by atoms with E-state index in [9.17, 15) is 14.4 Å². The molecule has 33 heavy (non-hydrogen) atoms. The number of anilines is 2. The van der Waals surface area contributed by atoms with Crippen molar-refractivity contribution >= 4 is 50.1 Å². The van der Waals surface area contributed by atoms with Gasteiger partial charge < -0.3 is 4.90 Å². The highest BCUT2D eigenvalue weighted by molar-refractivity contribution is 7.22. The second-order valence-electron chi connectivity index (χ2n) is 8.44. The van der Waals surface area contributed by atoms with Crippen LogP contribution in [0.3, 0.4) is 0 Å². The summed E-state index contributed by atoms with van der Waals surface area (Å²) in [5.74, 6) is -0.551. The minimum absolute atomic E-state index is 0.144. The third-order valence-electron chi connectivity index (χ3n) is 5.74. The third kappa shape index (κ3) is 4.96. The highest BCUT2D eigenvalue weighted by Crippen LogP contribution is 2.31. The maximum Gasteiger partial charge on any atom is 0.260 e. The van der Waals surface area contributed by atoms with Gasteiger partial charge in [-0.1, -0.05) is 24.3 Å². The molecular formula is C25H28N4O3S. The number of thiazole rings is 1. The molecule has 2 heterocycles. The lowest BCUT2D eigenvalue weighted by atomic mass is 10.1. The Morgan fingerprint density at radius 1 is 1.03 bits per heavy atom. The van der Waals surface area contributed by atoms with E-state index in [0.29, 0.717) is 22.9 Å². The average molecular weight is 465 g/mol. The first-order chi connectivity index (χ1) is 15.9. The van der Waals surface area contributed by atoms with Gasteiger partial charge in [0.05, 0.1) is 15.9 Å². The highest BCUT2D eigenvalue weighted by atomic mass is 32.1. The zero-order valence-electron chi connectivity index (χ0n) is 19.2. The van der Waals surface area contributed by atoms with E-state index in [0.717, 1.165) is 29.6 Å². The van der Waals surface area contributed by atoms with E-state index in [1.165, 1.54) is 21.8 Å². The minimum atomic E-state index is -0.203. The van der Waals surface area contributed by atoms with Crippen LogP contribution in [0, 0.1) is 0 Å². The first kappa shape index (κ1) is 23.1. The predicted octanol–water partition coefficient (Wildman–Crippen LogP) is 4.11. The summed E-state index contributed by atoms with van der Waals surface area (Å²) in [4.78, 5) is 47.3. The van der Waals surface area contributed by atoms with E-state index in [1.807, 2.05) is 20.2 Å². The fraction of sp³-hybridized carbons (Fsp3) is 0.360. The summed E-state index contributed by atoms with van der Waals surface area (Å²) in [6, 6.07) is 12.9. The third-order valence-corrected chi connectivity index (χ3v) is 6.78. The number of rotatable bonds is 8. The average Bonchev–Trinajstić information content (AvgIpc) is 3.38. The molecule has 1 fully saturated rings. The highest BCUT2D eigenvalue weighted by Gasteiger charge is 2.30. The van der Waals surface area contributed by atoms with E-state index in [1.54, 1.807) is 29.2 Å². The van der Waals surface area contributed by atoms with Gasteiger partial charge in [0.1, 0.15) is 0 Å². The number of benzene rings is 2. The number of hydrogen-bond acceptors (Lipinski definition) is 6. The number of carbonyl (C=O) groups excluding carboxylic acids is 3. The summed E-state index contributed by atoms with van der Waals surface area (Å²) in [6.07, 6.45) is 2.22. The Balaban J connectivity index is 1.62. The number of fused-ring (bicyclic) bond motifs is 1. The van der Waals surface area contributed by atoms with Crippen LogP contribution in [0.15, 0.2) is 42.5 Å². The number of carbonyl (C=O) groups is 3. The fourth-order valence-corrected chi connectivity index (χ4v) is 4.95. The van der Waals surface area contributed by atoms with Crippen molar-refractivity contribution in [1.82, 2.24) is 9.88 Å². The van der Waals surface area contributed by atoms with Crippen molar-refractivity contribution in [2.45, 2.75) is 32.6 Å². The Labute approximate surface area is 197 Å². The van der Waals surface area contributed by atoms with E-state index >= 15 is 0 Å². The van der Waals surface area contributed by atoms with Gasteiger partial charge in [-0.15, -0.1) is 0 Å². The molecule has 1 aliphatic heterocycles. The Bertz CT molecular complexity index is 1170. The molecule has 1 aliphatic rings. The van der Waals surface area contributed by atoms with Crippen molar-refractivity contribution in [2.75, 3.05) is 37.0 Å². The van der Waals surface area contributed by atoms with E-state index in [-0.39, 0.29) is 30.6 Å². The predicted molar refractivity (Wildman–Crippen MR) is 132 cm³/mol. The van der Waals surface area contributed by atoms with Gasteiger partial charge >= 0.3 is 0 Å². The SMILES string of the molecule is CCc1ccc2nc(N(CCCN(C)C)C(=O)c3ccc(N4C(=O)CCC4=O)cc3)sc2c1. The Kier molecular flexibility index (Phi) is 6.85. The molecule has 3 aromatic rings. The van der Waals surface area contributed by atoms with Crippen molar-refractivity contribution in [1.29, 1.82) is 0 Å². The molecule has 1 aromatic heterocycles. The smallest absolute Gasteiger partial charge is 0.260 e. The first-order valence-electron chi connectivity index (χ1n) is 11.2. The molecule has 1 saturated heterocycles. The van der Waals surface area contributed by atoms with Gasteiger partial charge in [-0.3, -0.25) is 24.2 Å². The van der Waals surface area contributed by atoms with Crippen molar-refractivity contribution in [3.8, 4) is 0 Å². The lowest BCUT2D eigenvalue weighted by Crippen LogP contribution is -2.33. The van der Waals surface area contributed by atoms with Crippen LogP contribution in [0.1, 0.15) is 42.1 Å². The van der Waals surface area contributed by atoms with Crippen LogP contribution in [0.25, 0.3) is 10.2 Å². The van der Waals surface area contributed by atoms with Crippen molar-refractivity contribution < 1.29 is 14.4 Å². The largest absolute Gasteiger partial charge is 0.309 e. The van der Waals surface area contributed by atoms with Gasteiger partial charge in [-0.05, 0) is 75.4 Å². The van der Waals surface area contributed by atoms with Crippen LogP contribution in [0.2, 0.25) is 0 Å². The van der Waals surface area contributed by atoms with Crippen molar-refractivity contribution in [2.24, 2.45) is 0 Å². The molecule has 0 bridgehead atoms. The molecule has 2 aromatic carbocycles. The molecule has 0 atom stereocenters.